The van der Waals surface area contributed by atoms with Gasteiger partial charge in [-0.2, -0.15) is 0 Å². The van der Waals surface area contributed by atoms with Crippen LogP contribution in [0.25, 0.3) is 0 Å². The molecule has 208 valence electrons. The summed E-state index contributed by atoms with van der Waals surface area (Å²) in [5.41, 5.74) is 10.4. The van der Waals surface area contributed by atoms with Crippen LogP contribution in [0.2, 0.25) is 5.02 Å². The molecule has 0 radical (unpaired) electrons. The first-order valence-corrected chi connectivity index (χ1v) is 13.7. The number of nitrogens with zero attached hydrogens (tertiary/aromatic N) is 3. The second-order valence-corrected chi connectivity index (χ2v) is 10.6. The van der Waals surface area contributed by atoms with Crippen LogP contribution in [0.3, 0.4) is 0 Å². The summed E-state index contributed by atoms with van der Waals surface area (Å²) in [6.45, 7) is 2.27. The van der Waals surface area contributed by atoms with E-state index in [-0.39, 0.29) is 25.3 Å². The fourth-order valence-electron chi connectivity index (χ4n) is 5.45. The number of rotatable bonds is 6. The van der Waals surface area contributed by atoms with E-state index in [1.807, 2.05) is 60.7 Å². The van der Waals surface area contributed by atoms with Gasteiger partial charge in [0.1, 0.15) is 12.1 Å². The predicted octanol–water partition coefficient (Wildman–Crippen LogP) is 3.40. The molecule has 3 aromatic carbocycles. The van der Waals surface area contributed by atoms with E-state index in [4.69, 9.17) is 17.3 Å². The van der Waals surface area contributed by atoms with Crippen molar-refractivity contribution in [3.8, 4) is 0 Å². The first-order chi connectivity index (χ1) is 19.3. The number of nitrogen functional groups attached to an aromatic ring is 1. The van der Waals surface area contributed by atoms with Gasteiger partial charge in [0.05, 0.1) is 17.9 Å². The zero-order valence-corrected chi connectivity index (χ0v) is 22.8. The molecule has 40 heavy (non-hydrogen) atoms. The molecule has 9 nitrogen and oxygen atoms in total. The lowest BCUT2D eigenvalue weighted by Crippen LogP contribution is -2.59. The zero-order chi connectivity index (χ0) is 28.2. The summed E-state index contributed by atoms with van der Waals surface area (Å²) in [4.78, 5) is 44.6. The van der Waals surface area contributed by atoms with E-state index in [2.05, 4.69) is 10.2 Å². The molecule has 4 N–H and O–H groups in total. The smallest absolute Gasteiger partial charge is 0.408 e. The molecule has 3 amide bonds. The van der Waals surface area contributed by atoms with Crippen LogP contribution >= 0.6 is 11.6 Å². The van der Waals surface area contributed by atoms with E-state index in [0.29, 0.717) is 36.9 Å². The third kappa shape index (κ3) is 5.99. The van der Waals surface area contributed by atoms with Crippen LogP contribution in [0.5, 0.6) is 0 Å². The average molecular weight is 562 g/mol. The van der Waals surface area contributed by atoms with Crippen molar-refractivity contribution in [3.63, 3.8) is 0 Å². The number of hydrogen-bond donors (Lipinski definition) is 3. The number of nitrogens with one attached hydrogen (secondary N) is 1. The molecular weight excluding hydrogens is 530 g/mol. The number of benzene rings is 3. The fraction of sp³-hybridized carbons (Fsp3) is 0.300. The molecule has 2 heterocycles. The van der Waals surface area contributed by atoms with Crippen molar-refractivity contribution in [1.29, 1.82) is 0 Å². The summed E-state index contributed by atoms with van der Waals surface area (Å²) >= 11 is 6.06. The van der Waals surface area contributed by atoms with Crippen LogP contribution in [0, 0.1) is 0 Å². The van der Waals surface area contributed by atoms with Crippen molar-refractivity contribution < 1.29 is 19.5 Å². The molecule has 2 aliphatic rings. The van der Waals surface area contributed by atoms with E-state index >= 15 is 0 Å². The highest BCUT2D eigenvalue weighted by Crippen LogP contribution is 2.25. The Labute approximate surface area is 238 Å². The van der Waals surface area contributed by atoms with Crippen LogP contribution in [0.4, 0.5) is 16.2 Å². The lowest BCUT2D eigenvalue weighted by atomic mass is 9.93. The Morgan fingerprint density at radius 1 is 0.925 bits per heavy atom. The Morgan fingerprint density at radius 3 is 2.25 bits per heavy atom. The summed E-state index contributed by atoms with van der Waals surface area (Å²) < 4.78 is 0. The van der Waals surface area contributed by atoms with Crippen LogP contribution in [0.15, 0.2) is 72.8 Å². The van der Waals surface area contributed by atoms with Crippen molar-refractivity contribution in [2.24, 2.45) is 0 Å². The van der Waals surface area contributed by atoms with E-state index < -0.39 is 24.1 Å². The average Bonchev–Trinajstić information content (AvgIpc) is 2.97. The molecule has 2 atom stereocenters. The molecule has 1 fully saturated rings. The highest BCUT2D eigenvalue weighted by atomic mass is 35.5. The number of piperazine rings is 1. The van der Waals surface area contributed by atoms with Gasteiger partial charge in [0.2, 0.25) is 11.8 Å². The van der Waals surface area contributed by atoms with E-state index in [1.165, 1.54) is 0 Å². The number of carboxylic acid groups (broad SMARTS) is 1. The van der Waals surface area contributed by atoms with Crippen LogP contribution in [0.1, 0.15) is 16.7 Å². The SMILES string of the molecule is Nc1ccccc1N1CCN(C(=O)[C@@H](Cc2ccc(Cl)cc2)NC(=O)[C@@H]2Cc3ccccc3CN2C(=O)O)CC1. The van der Waals surface area contributed by atoms with Gasteiger partial charge in [-0.15, -0.1) is 0 Å². The second-order valence-electron chi connectivity index (χ2n) is 10.2. The van der Waals surface area contributed by atoms with Gasteiger partial charge in [0.15, 0.2) is 0 Å². The standard InChI is InChI=1S/C30H32ClN5O4/c31-23-11-9-20(10-12-23)17-25(29(38)35-15-13-34(14-16-35)26-8-4-3-7-24(26)32)33-28(37)27-18-21-5-1-2-6-22(21)19-36(27)30(39)40/h1-12,25,27H,13-19,32H2,(H,33,37)(H,39,40)/t25-,27+/m1/s1. The Hall–Kier alpha value is -4.24. The lowest BCUT2D eigenvalue weighted by molar-refractivity contribution is -0.138. The van der Waals surface area contributed by atoms with Gasteiger partial charge >= 0.3 is 6.09 Å². The van der Waals surface area contributed by atoms with Gasteiger partial charge in [-0.3, -0.25) is 14.5 Å². The van der Waals surface area contributed by atoms with Gasteiger partial charge in [0.25, 0.3) is 0 Å². The maximum atomic E-state index is 13.8. The molecule has 0 aliphatic carbocycles. The molecular formula is C30H32ClN5O4. The Balaban J connectivity index is 1.33. The fourth-order valence-corrected chi connectivity index (χ4v) is 5.57. The van der Waals surface area contributed by atoms with Gasteiger partial charge in [-0.05, 0) is 41.0 Å². The first-order valence-electron chi connectivity index (χ1n) is 13.3. The van der Waals surface area contributed by atoms with Crippen molar-refractivity contribution >= 4 is 40.9 Å². The molecule has 0 unspecified atom stereocenters. The van der Waals surface area contributed by atoms with Crippen LogP contribution < -0.4 is 16.0 Å². The number of amides is 3. The van der Waals surface area contributed by atoms with Crippen molar-refractivity contribution in [1.82, 2.24) is 15.1 Å². The molecule has 0 bridgehead atoms. The van der Waals surface area contributed by atoms with Crippen LogP contribution in [-0.4, -0.2) is 71.1 Å². The van der Waals surface area contributed by atoms with Gasteiger partial charge in [-0.1, -0.05) is 60.1 Å². The number of para-hydroxylation sites is 2. The quantitative estimate of drug-likeness (QED) is 0.397. The van der Waals surface area contributed by atoms with Crippen LogP contribution in [-0.2, 0) is 29.0 Å². The molecule has 0 aromatic heterocycles. The Morgan fingerprint density at radius 2 is 1.57 bits per heavy atom. The second kappa shape index (κ2) is 11.9. The summed E-state index contributed by atoms with van der Waals surface area (Å²) in [5.74, 6) is -0.693. The molecule has 5 rings (SSSR count). The molecule has 10 heteroatoms. The van der Waals surface area contributed by atoms with Gasteiger partial charge in [-0.25, -0.2) is 4.79 Å². The summed E-state index contributed by atoms with van der Waals surface area (Å²) in [5, 5.41) is 13.4. The van der Waals surface area contributed by atoms with Crippen molar-refractivity contribution in [3.05, 3.63) is 94.5 Å². The first kappa shape index (κ1) is 27.3. The largest absolute Gasteiger partial charge is 0.465 e. The summed E-state index contributed by atoms with van der Waals surface area (Å²) in [6.07, 6.45) is -0.677. The summed E-state index contributed by atoms with van der Waals surface area (Å²) in [7, 11) is 0. The van der Waals surface area contributed by atoms with Gasteiger partial charge < -0.3 is 26.0 Å². The number of hydrogen-bond acceptors (Lipinski definition) is 5. The number of anilines is 2. The molecule has 1 saturated heterocycles. The van der Waals surface area contributed by atoms with E-state index in [0.717, 1.165) is 27.3 Å². The normalized spacial score (nSPS) is 17.6. The maximum Gasteiger partial charge on any atom is 0.408 e. The lowest BCUT2D eigenvalue weighted by Gasteiger charge is -2.39. The minimum atomic E-state index is -1.17. The number of carbonyl (C=O) groups excluding carboxylic acids is 2. The maximum absolute atomic E-state index is 13.8. The zero-order valence-electron chi connectivity index (χ0n) is 22.0. The highest BCUT2D eigenvalue weighted by Gasteiger charge is 2.37. The third-order valence-electron chi connectivity index (χ3n) is 7.63. The molecule has 0 saturated carbocycles. The molecule has 3 aromatic rings. The minimum Gasteiger partial charge on any atom is -0.465 e. The number of halogens is 1. The minimum absolute atomic E-state index is 0.115. The number of carbonyl (C=O) groups is 3. The van der Waals surface area contributed by atoms with Crippen molar-refractivity contribution in [2.45, 2.75) is 31.5 Å². The molecule has 2 aliphatic heterocycles. The van der Waals surface area contributed by atoms with Gasteiger partial charge in [0, 0.05) is 44.0 Å². The number of fused-ring (bicyclic) bond motifs is 1. The third-order valence-corrected chi connectivity index (χ3v) is 7.89. The topological polar surface area (TPSA) is 119 Å². The molecule has 0 spiro atoms. The highest BCUT2D eigenvalue weighted by molar-refractivity contribution is 6.30. The van der Waals surface area contributed by atoms with E-state index in [1.54, 1.807) is 17.0 Å². The number of nitrogens with two attached hydrogens (primary N) is 1. The monoisotopic (exact) mass is 561 g/mol. The van der Waals surface area contributed by atoms with Crippen molar-refractivity contribution in [2.75, 3.05) is 36.8 Å². The predicted molar refractivity (Wildman–Crippen MR) is 154 cm³/mol. The van der Waals surface area contributed by atoms with E-state index in [9.17, 15) is 19.5 Å². The summed E-state index contributed by atoms with van der Waals surface area (Å²) in [6, 6.07) is 20.5. The Kier molecular flexibility index (Phi) is 8.11. The Bertz CT molecular complexity index is 1390.